The summed E-state index contributed by atoms with van der Waals surface area (Å²) in [6.45, 7) is 4.22. The highest BCUT2D eigenvalue weighted by Gasteiger charge is 2.33. The lowest BCUT2D eigenvalue weighted by Gasteiger charge is -2.34. The maximum Gasteiger partial charge on any atom is 0.144 e. The summed E-state index contributed by atoms with van der Waals surface area (Å²) < 4.78 is 10.9. The summed E-state index contributed by atoms with van der Waals surface area (Å²) in [6.07, 6.45) is 1.89. The molecule has 0 amide bonds. The molecule has 0 spiro atoms. The molecule has 0 saturated heterocycles. The van der Waals surface area contributed by atoms with E-state index in [9.17, 15) is 5.26 Å². The van der Waals surface area contributed by atoms with Crippen LogP contribution >= 0.6 is 0 Å². The zero-order valence-electron chi connectivity index (χ0n) is 13.3. The van der Waals surface area contributed by atoms with Gasteiger partial charge in [-0.25, -0.2) is 5.01 Å². The normalized spacial score (nSPS) is 18.7. The van der Waals surface area contributed by atoms with Gasteiger partial charge in [0.05, 0.1) is 30.7 Å². The lowest BCUT2D eigenvalue weighted by atomic mass is 9.92. The highest BCUT2D eigenvalue weighted by atomic mass is 16.5. The summed E-state index contributed by atoms with van der Waals surface area (Å²) in [5.41, 5.74) is 8.38. The minimum Gasteiger partial charge on any atom is -0.497 e. The van der Waals surface area contributed by atoms with E-state index < -0.39 is 5.60 Å². The van der Waals surface area contributed by atoms with Crippen molar-refractivity contribution in [3.8, 4) is 11.8 Å². The third-order valence-corrected chi connectivity index (χ3v) is 3.79. The number of benzene rings is 1. The van der Waals surface area contributed by atoms with Crippen molar-refractivity contribution in [1.29, 1.82) is 5.26 Å². The van der Waals surface area contributed by atoms with Gasteiger partial charge in [-0.3, -0.25) is 0 Å². The fourth-order valence-corrected chi connectivity index (χ4v) is 2.56. The van der Waals surface area contributed by atoms with E-state index in [1.807, 2.05) is 44.2 Å². The summed E-state index contributed by atoms with van der Waals surface area (Å²) in [7, 11) is 1.61. The fraction of sp³-hybridized carbons (Fsp3) is 0.333. The standard InChI is InChI=1S/C17H18N4O2.CH4/c1-17(2)8-13-14(9-18)16(19)21(20-15(13)10-23-17)11-4-6-12(22-3)7-5-11;/h4-8H,10,19H2,1-3H3;1H4. The average Bonchev–Trinajstić information content (AvgIpc) is 2.54. The maximum absolute atomic E-state index is 9.55. The molecule has 0 fully saturated rings. The van der Waals surface area contributed by atoms with Crippen molar-refractivity contribution in [2.24, 2.45) is 10.8 Å². The van der Waals surface area contributed by atoms with Gasteiger partial charge in [0.15, 0.2) is 0 Å². The highest BCUT2D eigenvalue weighted by molar-refractivity contribution is 6.08. The molecule has 6 heteroatoms. The zero-order chi connectivity index (χ0) is 16.6. The number of nitrogens with two attached hydrogens (primary N) is 1. The van der Waals surface area contributed by atoms with E-state index >= 15 is 0 Å². The largest absolute Gasteiger partial charge is 0.497 e. The van der Waals surface area contributed by atoms with E-state index in [4.69, 9.17) is 15.2 Å². The van der Waals surface area contributed by atoms with E-state index in [1.165, 1.54) is 0 Å². The van der Waals surface area contributed by atoms with Crippen LogP contribution in [-0.4, -0.2) is 25.0 Å². The van der Waals surface area contributed by atoms with Gasteiger partial charge in [-0.05, 0) is 44.2 Å². The first-order valence-electron chi connectivity index (χ1n) is 7.24. The number of anilines is 1. The summed E-state index contributed by atoms with van der Waals surface area (Å²) in [6, 6.07) is 9.52. The molecule has 0 bridgehead atoms. The van der Waals surface area contributed by atoms with Crippen LogP contribution in [0.25, 0.3) is 0 Å². The maximum atomic E-state index is 9.55. The fourth-order valence-electron chi connectivity index (χ4n) is 2.56. The topological polar surface area (TPSA) is 83.9 Å². The zero-order valence-corrected chi connectivity index (χ0v) is 13.3. The quantitative estimate of drug-likeness (QED) is 0.903. The summed E-state index contributed by atoms with van der Waals surface area (Å²) in [5.74, 6) is 1.05. The van der Waals surface area contributed by atoms with Crippen LogP contribution in [0.4, 0.5) is 5.69 Å². The average molecular weight is 326 g/mol. The van der Waals surface area contributed by atoms with Gasteiger partial charge in [-0.15, -0.1) is 0 Å². The Balaban J connectivity index is 0.00000208. The van der Waals surface area contributed by atoms with Gasteiger partial charge in [0.2, 0.25) is 0 Å². The molecule has 2 N–H and O–H groups in total. The number of methoxy groups -OCH3 is 1. The molecule has 2 heterocycles. The number of hydrogen-bond acceptors (Lipinski definition) is 6. The Morgan fingerprint density at radius 1 is 1.33 bits per heavy atom. The SMILES string of the molecule is C.COc1ccc(N2N=C3COC(C)(C)C=C3C(C#N)=C2N)cc1. The first kappa shape index (κ1) is 17.6. The van der Waals surface area contributed by atoms with Gasteiger partial charge in [-0.1, -0.05) is 7.43 Å². The van der Waals surface area contributed by atoms with E-state index in [1.54, 1.807) is 12.1 Å². The molecule has 126 valence electrons. The van der Waals surface area contributed by atoms with Crippen molar-refractivity contribution in [2.45, 2.75) is 26.9 Å². The Bertz CT molecular complexity index is 767. The Morgan fingerprint density at radius 3 is 2.58 bits per heavy atom. The third kappa shape index (κ3) is 2.99. The summed E-state index contributed by atoms with van der Waals surface area (Å²) in [5, 5.41) is 15.7. The summed E-state index contributed by atoms with van der Waals surface area (Å²) >= 11 is 0. The van der Waals surface area contributed by atoms with Gasteiger partial charge in [0.1, 0.15) is 23.2 Å². The van der Waals surface area contributed by atoms with E-state index in [-0.39, 0.29) is 7.43 Å². The van der Waals surface area contributed by atoms with Gasteiger partial charge in [0.25, 0.3) is 0 Å². The highest BCUT2D eigenvalue weighted by Crippen LogP contribution is 2.33. The van der Waals surface area contributed by atoms with E-state index in [0.717, 1.165) is 17.0 Å². The third-order valence-electron chi connectivity index (χ3n) is 3.79. The van der Waals surface area contributed by atoms with Gasteiger partial charge in [0, 0.05) is 5.57 Å². The van der Waals surface area contributed by atoms with Crippen molar-refractivity contribution in [3.63, 3.8) is 0 Å². The van der Waals surface area contributed by atoms with Gasteiger partial charge < -0.3 is 15.2 Å². The molecule has 2 aliphatic heterocycles. The molecule has 24 heavy (non-hydrogen) atoms. The van der Waals surface area contributed by atoms with Gasteiger partial charge in [-0.2, -0.15) is 10.4 Å². The molecule has 0 saturated carbocycles. The second kappa shape index (κ2) is 6.38. The van der Waals surface area contributed by atoms with Crippen LogP contribution in [0.15, 0.2) is 52.4 Å². The lowest BCUT2D eigenvalue weighted by molar-refractivity contribution is 0.0409. The molecule has 1 aromatic carbocycles. The van der Waals surface area contributed by atoms with E-state index in [2.05, 4.69) is 11.2 Å². The number of ether oxygens (including phenoxy) is 2. The number of rotatable bonds is 2. The van der Waals surface area contributed by atoms with Crippen molar-refractivity contribution >= 4 is 11.4 Å². The molecular weight excluding hydrogens is 304 g/mol. The molecule has 2 aliphatic rings. The molecule has 0 radical (unpaired) electrons. The van der Waals surface area contributed by atoms with Crippen LogP contribution in [0.1, 0.15) is 21.3 Å². The predicted molar refractivity (Wildman–Crippen MR) is 94.6 cm³/mol. The van der Waals surface area contributed by atoms with Crippen molar-refractivity contribution in [1.82, 2.24) is 0 Å². The number of nitriles is 1. The Labute approximate surface area is 142 Å². The summed E-state index contributed by atoms with van der Waals surface area (Å²) in [4.78, 5) is 0. The molecule has 3 rings (SSSR count). The van der Waals surface area contributed by atoms with Crippen LogP contribution in [0.5, 0.6) is 5.75 Å². The molecular formula is C18H22N4O2. The van der Waals surface area contributed by atoms with Crippen molar-refractivity contribution in [3.05, 3.63) is 47.3 Å². The minimum absolute atomic E-state index is 0. The second-order valence-electron chi connectivity index (χ2n) is 5.88. The molecule has 6 nitrogen and oxygen atoms in total. The number of allylic oxidation sites excluding steroid dienone is 1. The number of hydrazone groups is 1. The minimum atomic E-state index is -0.445. The van der Waals surface area contributed by atoms with Crippen LogP contribution in [0.2, 0.25) is 0 Å². The number of hydrogen-bond donors (Lipinski definition) is 1. The van der Waals surface area contributed by atoms with Crippen LogP contribution < -0.4 is 15.5 Å². The predicted octanol–water partition coefficient (Wildman–Crippen LogP) is 2.94. The van der Waals surface area contributed by atoms with Crippen molar-refractivity contribution in [2.75, 3.05) is 18.7 Å². The molecule has 0 atom stereocenters. The first-order chi connectivity index (χ1) is 10.9. The number of fused-ring (bicyclic) bond motifs is 1. The van der Waals surface area contributed by atoms with Crippen LogP contribution in [-0.2, 0) is 4.74 Å². The monoisotopic (exact) mass is 326 g/mol. The second-order valence-corrected chi connectivity index (χ2v) is 5.88. The Kier molecular flexibility index (Phi) is 4.67. The Morgan fingerprint density at radius 2 is 2.00 bits per heavy atom. The van der Waals surface area contributed by atoms with Crippen molar-refractivity contribution < 1.29 is 9.47 Å². The number of nitrogens with zero attached hydrogens (tertiary/aromatic N) is 3. The first-order valence-corrected chi connectivity index (χ1v) is 7.24. The van der Waals surface area contributed by atoms with Crippen LogP contribution in [0.3, 0.4) is 0 Å². The smallest absolute Gasteiger partial charge is 0.144 e. The molecule has 0 unspecified atom stereocenters. The Hall–Kier alpha value is -2.78. The van der Waals surface area contributed by atoms with E-state index in [0.29, 0.717) is 23.7 Å². The van der Waals surface area contributed by atoms with Gasteiger partial charge >= 0.3 is 0 Å². The van der Waals surface area contributed by atoms with Crippen LogP contribution in [0, 0.1) is 11.3 Å². The molecule has 1 aromatic rings. The lowest BCUT2D eigenvalue weighted by Crippen LogP contribution is -2.39. The molecule has 0 aliphatic carbocycles. The molecule has 0 aromatic heterocycles.